The SMILES string of the molecule is Cc1nc(N)nc(OC(C)c2cc3cccc(C)c3nc2-c2ccccc2C)n1. The molecule has 1 atom stereocenters. The fraction of sp³-hybridized carbons (Fsp3) is 0.217. The van der Waals surface area contributed by atoms with E-state index in [1.807, 2.05) is 25.1 Å². The Bertz CT molecular complexity index is 1180. The van der Waals surface area contributed by atoms with E-state index in [0.29, 0.717) is 5.82 Å². The minimum atomic E-state index is -0.330. The van der Waals surface area contributed by atoms with E-state index in [0.717, 1.165) is 38.9 Å². The molecule has 0 aliphatic heterocycles. The van der Waals surface area contributed by atoms with Gasteiger partial charge < -0.3 is 10.5 Å². The van der Waals surface area contributed by atoms with Crippen molar-refractivity contribution in [2.75, 3.05) is 5.73 Å². The minimum Gasteiger partial charge on any atom is -0.455 e. The lowest BCUT2D eigenvalue weighted by atomic mass is 9.96. The molecule has 29 heavy (non-hydrogen) atoms. The molecule has 0 spiro atoms. The van der Waals surface area contributed by atoms with Gasteiger partial charge in [-0.2, -0.15) is 15.0 Å². The third kappa shape index (κ3) is 3.74. The van der Waals surface area contributed by atoms with Gasteiger partial charge in [-0.25, -0.2) is 4.98 Å². The summed E-state index contributed by atoms with van der Waals surface area (Å²) in [5.41, 5.74) is 12.0. The molecule has 4 rings (SSSR count). The van der Waals surface area contributed by atoms with E-state index in [1.54, 1.807) is 6.92 Å². The highest BCUT2D eigenvalue weighted by Crippen LogP contribution is 2.34. The molecule has 1 unspecified atom stereocenters. The number of anilines is 1. The fourth-order valence-electron chi connectivity index (χ4n) is 3.48. The molecule has 0 saturated carbocycles. The van der Waals surface area contributed by atoms with Gasteiger partial charge in [-0.15, -0.1) is 0 Å². The zero-order chi connectivity index (χ0) is 20.5. The Hall–Kier alpha value is -3.54. The minimum absolute atomic E-state index is 0.145. The van der Waals surface area contributed by atoms with Crippen LogP contribution in [0.2, 0.25) is 0 Å². The standard InChI is InChI=1S/C23H23N5O/c1-13-8-5-6-11-18(13)21-19(12-17-10-7-9-14(2)20(17)27-21)15(3)29-23-26-16(4)25-22(24)28-23/h5-12,15H,1-4H3,(H2,24,25,26,28). The van der Waals surface area contributed by atoms with Crippen molar-refractivity contribution in [3.63, 3.8) is 0 Å². The number of para-hydroxylation sites is 1. The van der Waals surface area contributed by atoms with Crippen molar-refractivity contribution in [2.45, 2.75) is 33.8 Å². The molecule has 0 fully saturated rings. The zero-order valence-electron chi connectivity index (χ0n) is 17.0. The second kappa shape index (κ2) is 7.47. The largest absolute Gasteiger partial charge is 0.455 e. The zero-order valence-corrected chi connectivity index (χ0v) is 17.0. The number of pyridine rings is 1. The molecular weight excluding hydrogens is 362 g/mol. The predicted molar refractivity (Wildman–Crippen MR) is 115 cm³/mol. The van der Waals surface area contributed by atoms with Gasteiger partial charge in [0, 0.05) is 16.5 Å². The summed E-state index contributed by atoms with van der Waals surface area (Å²) in [6.45, 7) is 7.89. The number of aryl methyl sites for hydroxylation is 3. The second-order valence-corrected chi connectivity index (χ2v) is 7.17. The molecule has 0 aliphatic rings. The first-order valence-electron chi connectivity index (χ1n) is 9.53. The number of ether oxygens (including phenoxy) is 1. The van der Waals surface area contributed by atoms with Crippen molar-refractivity contribution in [1.82, 2.24) is 19.9 Å². The average Bonchev–Trinajstić information content (AvgIpc) is 2.67. The molecule has 0 aliphatic carbocycles. The Morgan fingerprint density at radius 1 is 0.862 bits per heavy atom. The van der Waals surface area contributed by atoms with Crippen molar-refractivity contribution in [2.24, 2.45) is 0 Å². The van der Waals surface area contributed by atoms with Crippen molar-refractivity contribution in [3.05, 3.63) is 71.0 Å². The summed E-state index contributed by atoms with van der Waals surface area (Å²) in [4.78, 5) is 17.4. The molecule has 2 N–H and O–H groups in total. The van der Waals surface area contributed by atoms with Crippen LogP contribution in [0.1, 0.15) is 35.5 Å². The molecule has 2 aromatic heterocycles. The van der Waals surface area contributed by atoms with E-state index in [1.165, 1.54) is 0 Å². The van der Waals surface area contributed by atoms with E-state index in [4.69, 9.17) is 15.5 Å². The molecule has 0 bridgehead atoms. The lowest BCUT2D eigenvalue weighted by molar-refractivity contribution is 0.207. The van der Waals surface area contributed by atoms with Gasteiger partial charge >= 0.3 is 6.01 Å². The Balaban J connectivity index is 1.87. The summed E-state index contributed by atoms with van der Waals surface area (Å²) in [6.07, 6.45) is -0.330. The number of nitrogens with zero attached hydrogens (tertiary/aromatic N) is 4. The van der Waals surface area contributed by atoms with Gasteiger partial charge in [0.15, 0.2) is 0 Å². The van der Waals surface area contributed by atoms with Crippen LogP contribution < -0.4 is 10.5 Å². The third-order valence-electron chi connectivity index (χ3n) is 4.94. The van der Waals surface area contributed by atoms with Crippen LogP contribution in [-0.2, 0) is 0 Å². The van der Waals surface area contributed by atoms with Gasteiger partial charge in [0.25, 0.3) is 0 Å². The molecule has 0 amide bonds. The van der Waals surface area contributed by atoms with Crippen LogP contribution in [0.3, 0.4) is 0 Å². The van der Waals surface area contributed by atoms with Crippen LogP contribution in [0.4, 0.5) is 5.95 Å². The van der Waals surface area contributed by atoms with Crippen LogP contribution in [-0.4, -0.2) is 19.9 Å². The van der Waals surface area contributed by atoms with E-state index >= 15 is 0 Å². The van der Waals surface area contributed by atoms with Gasteiger partial charge in [0.1, 0.15) is 11.9 Å². The molecule has 6 heteroatoms. The highest BCUT2D eigenvalue weighted by molar-refractivity contribution is 5.86. The summed E-state index contributed by atoms with van der Waals surface area (Å²) < 4.78 is 6.06. The van der Waals surface area contributed by atoms with Gasteiger partial charge in [-0.3, -0.25) is 0 Å². The first-order chi connectivity index (χ1) is 13.9. The smallest absolute Gasteiger partial charge is 0.322 e. The molecular formula is C23H23N5O. The average molecular weight is 385 g/mol. The Kier molecular flexibility index (Phi) is 4.84. The summed E-state index contributed by atoms with van der Waals surface area (Å²) in [5.74, 6) is 0.664. The van der Waals surface area contributed by atoms with Crippen LogP contribution in [0.25, 0.3) is 22.2 Å². The maximum absolute atomic E-state index is 6.06. The van der Waals surface area contributed by atoms with Crippen molar-refractivity contribution < 1.29 is 4.74 Å². The van der Waals surface area contributed by atoms with Gasteiger partial charge in [0.2, 0.25) is 5.95 Å². The van der Waals surface area contributed by atoms with Gasteiger partial charge in [-0.05, 0) is 44.9 Å². The topological polar surface area (TPSA) is 86.8 Å². The first-order valence-corrected chi connectivity index (χ1v) is 9.53. The number of hydrogen-bond acceptors (Lipinski definition) is 6. The number of nitrogen functional groups attached to an aromatic ring is 1. The lowest BCUT2D eigenvalue weighted by Crippen LogP contribution is -2.11. The molecule has 0 radical (unpaired) electrons. The second-order valence-electron chi connectivity index (χ2n) is 7.17. The Morgan fingerprint density at radius 3 is 2.38 bits per heavy atom. The van der Waals surface area contributed by atoms with Crippen LogP contribution >= 0.6 is 0 Å². The lowest BCUT2D eigenvalue weighted by Gasteiger charge is -2.19. The van der Waals surface area contributed by atoms with Crippen LogP contribution in [0.15, 0.2) is 48.5 Å². The maximum Gasteiger partial charge on any atom is 0.322 e. The van der Waals surface area contributed by atoms with E-state index in [9.17, 15) is 0 Å². The summed E-state index contributed by atoms with van der Waals surface area (Å²) in [6, 6.07) is 16.8. The molecule has 2 heterocycles. The Labute approximate surface area is 169 Å². The van der Waals surface area contributed by atoms with Gasteiger partial charge in [0.05, 0.1) is 11.2 Å². The summed E-state index contributed by atoms with van der Waals surface area (Å²) >= 11 is 0. The van der Waals surface area contributed by atoms with E-state index in [2.05, 4.69) is 59.1 Å². The van der Waals surface area contributed by atoms with Crippen molar-refractivity contribution in [3.8, 4) is 17.3 Å². The first kappa shape index (κ1) is 18.8. The number of nitrogens with two attached hydrogens (primary N) is 1. The van der Waals surface area contributed by atoms with E-state index < -0.39 is 0 Å². The third-order valence-corrected chi connectivity index (χ3v) is 4.94. The fourth-order valence-corrected chi connectivity index (χ4v) is 3.48. The van der Waals surface area contributed by atoms with Crippen LogP contribution in [0, 0.1) is 20.8 Å². The number of benzene rings is 2. The number of fused-ring (bicyclic) bond motifs is 1. The molecule has 2 aromatic carbocycles. The maximum atomic E-state index is 6.06. The van der Waals surface area contributed by atoms with E-state index in [-0.39, 0.29) is 18.1 Å². The molecule has 146 valence electrons. The van der Waals surface area contributed by atoms with Crippen molar-refractivity contribution >= 4 is 16.9 Å². The molecule has 6 nitrogen and oxygen atoms in total. The molecule has 0 saturated heterocycles. The normalized spacial score (nSPS) is 12.1. The Morgan fingerprint density at radius 2 is 1.62 bits per heavy atom. The van der Waals surface area contributed by atoms with Crippen molar-refractivity contribution in [1.29, 1.82) is 0 Å². The highest BCUT2D eigenvalue weighted by atomic mass is 16.5. The monoisotopic (exact) mass is 385 g/mol. The highest BCUT2D eigenvalue weighted by Gasteiger charge is 2.19. The quantitative estimate of drug-likeness (QED) is 0.546. The van der Waals surface area contributed by atoms with Crippen LogP contribution in [0.5, 0.6) is 6.01 Å². The number of aromatic nitrogens is 4. The van der Waals surface area contributed by atoms with Gasteiger partial charge in [-0.1, -0.05) is 42.5 Å². The summed E-state index contributed by atoms with van der Waals surface area (Å²) in [5, 5.41) is 1.07. The summed E-state index contributed by atoms with van der Waals surface area (Å²) in [7, 11) is 0. The number of rotatable bonds is 4. The predicted octanol–water partition coefficient (Wildman–Crippen LogP) is 4.73. The number of hydrogen-bond donors (Lipinski definition) is 1. The molecule has 4 aromatic rings.